The van der Waals surface area contributed by atoms with Crippen molar-refractivity contribution in [3.05, 3.63) is 29.5 Å². The predicted octanol–water partition coefficient (Wildman–Crippen LogP) is 2.70. The van der Waals surface area contributed by atoms with E-state index in [1.165, 1.54) is 6.42 Å². The number of rotatable bonds is 2. The van der Waals surface area contributed by atoms with E-state index in [2.05, 4.69) is 4.98 Å². The summed E-state index contributed by atoms with van der Waals surface area (Å²) in [7, 11) is 0. The summed E-state index contributed by atoms with van der Waals surface area (Å²) in [6.45, 7) is 2.01. The average Bonchev–Trinajstić information content (AvgIpc) is 2.76. The molecule has 2 aromatic rings. The highest BCUT2D eigenvalue weighted by molar-refractivity contribution is 6.29. The topological polar surface area (TPSA) is 38.1 Å². The van der Waals surface area contributed by atoms with Crippen molar-refractivity contribution in [2.75, 3.05) is 13.1 Å². The molecule has 0 spiro atoms. The van der Waals surface area contributed by atoms with Crippen LogP contribution in [0.3, 0.4) is 0 Å². The van der Waals surface area contributed by atoms with Crippen LogP contribution in [0.25, 0.3) is 11.0 Å². The maximum atomic E-state index is 12.3. The highest BCUT2D eigenvalue weighted by Gasteiger charge is 2.19. The Balaban J connectivity index is 1.84. The number of fused-ring (bicyclic) bond motifs is 1. The van der Waals surface area contributed by atoms with E-state index in [1.807, 2.05) is 29.2 Å². The van der Waals surface area contributed by atoms with Gasteiger partial charge in [-0.2, -0.15) is 0 Å². The minimum atomic E-state index is 0.129. The molecule has 3 rings (SSSR count). The van der Waals surface area contributed by atoms with Crippen LogP contribution in [0.5, 0.6) is 0 Å². The van der Waals surface area contributed by atoms with Crippen LogP contribution in [-0.4, -0.2) is 33.4 Å². The summed E-state index contributed by atoms with van der Waals surface area (Å²) < 4.78 is 1.79. The molecule has 4 nitrogen and oxygen atoms in total. The number of hydrogen-bond acceptors (Lipinski definition) is 2. The summed E-state index contributed by atoms with van der Waals surface area (Å²) in [4.78, 5) is 18.5. The maximum absolute atomic E-state index is 12.3. The normalized spacial score (nSPS) is 15.9. The van der Waals surface area contributed by atoms with Crippen molar-refractivity contribution in [3.63, 3.8) is 0 Å². The van der Waals surface area contributed by atoms with Gasteiger partial charge in [-0.25, -0.2) is 4.98 Å². The molecule has 1 fully saturated rings. The largest absolute Gasteiger partial charge is 0.341 e. The van der Waals surface area contributed by atoms with Gasteiger partial charge in [0.2, 0.25) is 11.2 Å². The van der Waals surface area contributed by atoms with Gasteiger partial charge in [-0.3, -0.25) is 4.79 Å². The molecule has 0 saturated carbocycles. The molecule has 0 aliphatic carbocycles. The monoisotopic (exact) mass is 277 g/mol. The van der Waals surface area contributed by atoms with Crippen molar-refractivity contribution in [2.24, 2.45) is 0 Å². The summed E-state index contributed by atoms with van der Waals surface area (Å²) in [5, 5.41) is 0.381. The third-order valence-corrected chi connectivity index (χ3v) is 3.90. The SMILES string of the molecule is O=C(Cn1c(Cl)nc2ccccc21)N1CCCCC1. The number of imidazole rings is 1. The van der Waals surface area contributed by atoms with E-state index in [0.29, 0.717) is 5.28 Å². The lowest BCUT2D eigenvalue weighted by atomic mass is 10.1. The number of piperidine rings is 1. The molecule has 1 aliphatic rings. The molecule has 0 unspecified atom stereocenters. The first-order valence-electron chi connectivity index (χ1n) is 6.64. The molecule has 1 aromatic carbocycles. The quantitative estimate of drug-likeness (QED) is 0.846. The van der Waals surface area contributed by atoms with Gasteiger partial charge in [0.15, 0.2) is 0 Å². The number of hydrogen-bond donors (Lipinski definition) is 0. The Kier molecular flexibility index (Phi) is 3.42. The molecule has 0 radical (unpaired) electrons. The van der Waals surface area contributed by atoms with Gasteiger partial charge in [0, 0.05) is 13.1 Å². The number of benzene rings is 1. The Morgan fingerprint density at radius 3 is 2.74 bits per heavy atom. The van der Waals surface area contributed by atoms with Gasteiger partial charge >= 0.3 is 0 Å². The second-order valence-corrected chi connectivity index (χ2v) is 5.24. The van der Waals surface area contributed by atoms with E-state index in [9.17, 15) is 4.79 Å². The molecule has 19 heavy (non-hydrogen) atoms. The second kappa shape index (κ2) is 5.21. The Bertz CT molecular complexity index is 602. The van der Waals surface area contributed by atoms with Gasteiger partial charge in [0.1, 0.15) is 6.54 Å². The molecule has 1 saturated heterocycles. The van der Waals surface area contributed by atoms with Crippen molar-refractivity contribution < 1.29 is 4.79 Å². The molecular weight excluding hydrogens is 262 g/mol. The Morgan fingerprint density at radius 2 is 1.95 bits per heavy atom. The van der Waals surface area contributed by atoms with E-state index in [-0.39, 0.29) is 12.5 Å². The highest BCUT2D eigenvalue weighted by Crippen LogP contribution is 2.20. The molecule has 0 bridgehead atoms. The number of amides is 1. The van der Waals surface area contributed by atoms with Crippen LogP contribution in [0.2, 0.25) is 5.28 Å². The van der Waals surface area contributed by atoms with Crippen LogP contribution < -0.4 is 0 Å². The van der Waals surface area contributed by atoms with Crippen LogP contribution in [0, 0.1) is 0 Å². The zero-order chi connectivity index (χ0) is 13.2. The molecule has 1 amide bonds. The third kappa shape index (κ3) is 2.45. The first kappa shape index (κ1) is 12.5. The lowest BCUT2D eigenvalue weighted by molar-refractivity contribution is -0.132. The first-order valence-corrected chi connectivity index (χ1v) is 7.02. The fourth-order valence-corrected chi connectivity index (χ4v) is 2.82. The fraction of sp³-hybridized carbons (Fsp3) is 0.429. The molecule has 0 atom stereocenters. The van der Waals surface area contributed by atoms with E-state index in [4.69, 9.17) is 11.6 Å². The maximum Gasteiger partial charge on any atom is 0.242 e. The average molecular weight is 278 g/mol. The number of likely N-dealkylation sites (tertiary alicyclic amines) is 1. The molecule has 1 aromatic heterocycles. The zero-order valence-electron chi connectivity index (χ0n) is 10.7. The zero-order valence-corrected chi connectivity index (χ0v) is 11.4. The third-order valence-electron chi connectivity index (χ3n) is 3.61. The summed E-state index contributed by atoms with van der Waals surface area (Å²) in [5.41, 5.74) is 1.75. The first-order chi connectivity index (χ1) is 9.25. The van der Waals surface area contributed by atoms with Crippen LogP contribution in [0.4, 0.5) is 0 Å². The van der Waals surface area contributed by atoms with E-state index in [0.717, 1.165) is 37.0 Å². The lowest BCUT2D eigenvalue weighted by Gasteiger charge is -2.27. The Hall–Kier alpha value is -1.55. The standard InChI is InChI=1S/C14H16ClN3O/c15-14-16-11-6-2-3-7-12(11)18(14)10-13(19)17-8-4-1-5-9-17/h2-3,6-7H,1,4-5,8-10H2. The molecular formula is C14H16ClN3O. The lowest BCUT2D eigenvalue weighted by Crippen LogP contribution is -2.37. The Morgan fingerprint density at radius 1 is 1.21 bits per heavy atom. The van der Waals surface area contributed by atoms with Crippen LogP contribution in [-0.2, 0) is 11.3 Å². The molecule has 0 N–H and O–H groups in total. The van der Waals surface area contributed by atoms with Gasteiger partial charge in [0.25, 0.3) is 0 Å². The van der Waals surface area contributed by atoms with Gasteiger partial charge in [-0.15, -0.1) is 0 Å². The van der Waals surface area contributed by atoms with E-state index in [1.54, 1.807) is 4.57 Å². The predicted molar refractivity (Wildman–Crippen MR) is 75.2 cm³/mol. The second-order valence-electron chi connectivity index (χ2n) is 4.90. The van der Waals surface area contributed by atoms with Gasteiger partial charge < -0.3 is 9.47 Å². The Labute approximate surface area is 117 Å². The van der Waals surface area contributed by atoms with Crippen molar-refractivity contribution in [2.45, 2.75) is 25.8 Å². The minimum absolute atomic E-state index is 0.129. The summed E-state index contributed by atoms with van der Waals surface area (Å²) in [6, 6.07) is 7.70. The van der Waals surface area contributed by atoms with Crippen LogP contribution in [0.1, 0.15) is 19.3 Å². The molecule has 100 valence electrons. The van der Waals surface area contributed by atoms with E-state index >= 15 is 0 Å². The number of carbonyl (C=O) groups excluding carboxylic acids is 1. The smallest absolute Gasteiger partial charge is 0.242 e. The number of para-hydroxylation sites is 2. The van der Waals surface area contributed by atoms with Crippen molar-refractivity contribution in [1.29, 1.82) is 0 Å². The van der Waals surface area contributed by atoms with Crippen LogP contribution >= 0.6 is 11.6 Å². The molecule has 2 heterocycles. The van der Waals surface area contributed by atoms with Gasteiger partial charge in [-0.05, 0) is 43.0 Å². The highest BCUT2D eigenvalue weighted by atomic mass is 35.5. The summed E-state index contributed by atoms with van der Waals surface area (Å²) in [6.07, 6.45) is 3.42. The fourth-order valence-electron chi connectivity index (χ4n) is 2.58. The number of halogens is 1. The number of nitrogens with zero attached hydrogens (tertiary/aromatic N) is 3. The van der Waals surface area contributed by atoms with Crippen LogP contribution in [0.15, 0.2) is 24.3 Å². The van der Waals surface area contributed by atoms with Gasteiger partial charge in [-0.1, -0.05) is 12.1 Å². The molecule has 5 heteroatoms. The summed E-state index contributed by atoms with van der Waals surface area (Å²) >= 11 is 6.13. The van der Waals surface area contributed by atoms with Gasteiger partial charge in [0.05, 0.1) is 11.0 Å². The van der Waals surface area contributed by atoms with Crippen molar-refractivity contribution in [3.8, 4) is 0 Å². The molecule has 1 aliphatic heterocycles. The summed E-state index contributed by atoms with van der Waals surface area (Å²) in [5.74, 6) is 0.129. The number of aromatic nitrogens is 2. The van der Waals surface area contributed by atoms with Crippen molar-refractivity contribution >= 4 is 28.5 Å². The van der Waals surface area contributed by atoms with Crippen molar-refractivity contribution in [1.82, 2.24) is 14.5 Å². The number of carbonyl (C=O) groups is 1. The minimum Gasteiger partial charge on any atom is -0.341 e. The van der Waals surface area contributed by atoms with E-state index < -0.39 is 0 Å².